The van der Waals surface area contributed by atoms with E-state index in [1.54, 1.807) is 0 Å². The van der Waals surface area contributed by atoms with Crippen LogP contribution in [-0.2, 0) is 0 Å². The monoisotopic (exact) mass is 524 g/mol. The number of anilines is 2. The van der Waals surface area contributed by atoms with Gasteiger partial charge in [-0.3, -0.25) is 4.90 Å². The van der Waals surface area contributed by atoms with E-state index in [0.29, 0.717) is 0 Å². The highest BCUT2D eigenvalue weighted by molar-refractivity contribution is 8.03. The van der Waals surface area contributed by atoms with Crippen LogP contribution in [0.1, 0.15) is 25.3 Å². The van der Waals surface area contributed by atoms with Crippen LogP contribution in [0, 0.1) is 0 Å². The summed E-state index contributed by atoms with van der Waals surface area (Å²) in [5.41, 5.74) is 4.93. The Morgan fingerprint density at radius 3 is 2.39 bits per heavy atom. The minimum Gasteiger partial charge on any atom is -0.338 e. The Morgan fingerprint density at radius 1 is 0.921 bits per heavy atom. The molecule has 1 aliphatic heterocycles. The lowest BCUT2D eigenvalue weighted by Gasteiger charge is -2.29. The van der Waals surface area contributed by atoms with E-state index in [1.807, 2.05) is 11.8 Å². The number of thioether (sulfide) groups is 1. The average Bonchev–Trinajstić information content (AvgIpc) is 3.23. The second kappa shape index (κ2) is 11.2. The highest BCUT2D eigenvalue weighted by atomic mass is 32.2. The van der Waals surface area contributed by atoms with E-state index in [1.165, 1.54) is 63.1 Å². The fourth-order valence-corrected chi connectivity index (χ4v) is 6.62. The van der Waals surface area contributed by atoms with E-state index in [0.717, 1.165) is 17.4 Å². The normalized spacial score (nSPS) is 14.3. The van der Waals surface area contributed by atoms with Crippen LogP contribution in [-0.4, -0.2) is 52.3 Å². The van der Waals surface area contributed by atoms with Gasteiger partial charge >= 0.3 is 0 Å². The third-order valence-corrected chi connectivity index (χ3v) is 8.68. The number of pyridine rings is 1. The van der Waals surface area contributed by atoms with Crippen LogP contribution in [0.2, 0.25) is 0 Å². The van der Waals surface area contributed by atoms with Gasteiger partial charge in [-0.25, -0.2) is 0 Å². The number of quaternary nitrogens is 1. The molecular formula is C33H40N4S+2. The van der Waals surface area contributed by atoms with Crippen molar-refractivity contribution in [1.29, 1.82) is 0 Å². The van der Waals surface area contributed by atoms with Gasteiger partial charge in [0.25, 0.3) is 5.82 Å². The van der Waals surface area contributed by atoms with Crippen molar-refractivity contribution in [2.45, 2.75) is 24.7 Å². The number of nitrogens with zero attached hydrogens (tertiary/aromatic N) is 4. The summed E-state index contributed by atoms with van der Waals surface area (Å²) >= 11 is 1.85. The summed E-state index contributed by atoms with van der Waals surface area (Å²) in [5, 5.41) is 2.51. The van der Waals surface area contributed by atoms with Gasteiger partial charge in [0.05, 0.1) is 51.5 Å². The molecule has 4 aromatic rings. The summed E-state index contributed by atoms with van der Waals surface area (Å²) in [6.07, 6.45) is 4.73. The summed E-state index contributed by atoms with van der Waals surface area (Å²) in [6, 6.07) is 30.6. The van der Waals surface area contributed by atoms with Gasteiger partial charge in [-0.1, -0.05) is 67.2 Å². The van der Waals surface area contributed by atoms with Gasteiger partial charge < -0.3 is 9.38 Å². The lowest BCUT2D eigenvalue weighted by Crippen LogP contribution is -2.43. The Balaban J connectivity index is 1.59. The summed E-state index contributed by atoms with van der Waals surface area (Å²) in [6.45, 7) is 5.67. The Bertz CT molecular complexity index is 1440. The summed E-state index contributed by atoms with van der Waals surface area (Å²) in [4.78, 5) is 6.06. The van der Waals surface area contributed by atoms with E-state index in [4.69, 9.17) is 0 Å². The second-order valence-electron chi connectivity index (χ2n) is 10.9. The van der Waals surface area contributed by atoms with Crippen LogP contribution in [0.4, 0.5) is 11.5 Å². The first kappa shape index (κ1) is 26.3. The number of rotatable bonds is 9. The molecule has 0 amide bonds. The lowest BCUT2D eigenvalue weighted by atomic mass is 10.1. The first-order valence-electron chi connectivity index (χ1n) is 13.7. The molecule has 5 rings (SSSR count). The van der Waals surface area contributed by atoms with Crippen LogP contribution < -0.4 is 14.4 Å². The van der Waals surface area contributed by atoms with Crippen molar-refractivity contribution in [3.05, 3.63) is 95.5 Å². The first-order valence-corrected chi connectivity index (χ1v) is 14.5. The van der Waals surface area contributed by atoms with E-state index in [9.17, 15) is 0 Å². The van der Waals surface area contributed by atoms with Crippen molar-refractivity contribution in [3.8, 4) is 5.69 Å². The van der Waals surface area contributed by atoms with Crippen molar-refractivity contribution in [2.75, 3.05) is 57.6 Å². The SMILES string of the molecule is CCC[N+](C)(C)CCCN(C)c1cc(C=C2Sc3ccccc3N2C)c2ccccc2[n+]1-c1ccccc1. The van der Waals surface area contributed by atoms with E-state index in [2.05, 4.69) is 140 Å². The minimum atomic E-state index is 1.01. The smallest absolute Gasteiger partial charge is 0.282 e. The molecule has 1 aromatic heterocycles. The Hall–Kier alpha value is -3.28. The fourth-order valence-electron chi connectivity index (χ4n) is 5.51. The van der Waals surface area contributed by atoms with Crippen LogP contribution >= 0.6 is 11.8 Å². The van der Waals surface area contributed by atoms with Crippen molar-refractivity contribution >= 4 is 40.2 Å². The summed E-state index contributed by atoms with van der Waals surface area (Å²) in [5.74, 6) is 1.21. The number of hydrogen-bond acceptors (Lipinski definition) is 3. The van der Waals surface area contributed by atoms with E-state index in [-0.39, 0.29) is 0 Å². The van der Waals surface area contributed by atoms with Gasteiger partial charge in [-0.2, -0.15) is 4.57 Å². The average molecular weight is 525 g/mol. The van der Waals surface area contributed by atoms with E-state index < -0.39 is 0 Å². The van der Waals surface area contributed by atoms with Gasteiger partial charge in [-0.15, -0.1) is 0 Å². The second-order valence-corrected chi connectivity index (χ2v) is 12.0. The maximum atomic E-state index is 2.44. The number of benzene rings is 3. The fraction of sp³-hybridized carbons (Fsp3) is 0.303. The largest absolute Gasteiger partial charge is 0.338 e. The Kier molecular flexibility index (Phi) is 7.78. The maximum absolute atomic E-state index is 2.44. The third kappa shape index (κ3) is 5.45. The molecule has 0 bridgehead atoms. The molecule has 38 heavy (non-hydrogen) atoms. The summed E-state index contributed by atoms with van der Waals surface area (Å²) < 4.78 is 3.49. The van der Waals surface area contributed by atoms with E-state index >= 15 is 0 Å². The molecule has 0 N–H and O–H groups in total. The molecule has 1 aliphatic rings. The zero-order valence-corrected chi connectivity index (χ0v) is 24.2. The molecule has 0 spiro atoms. The van der Waals surface area contributed by atoms with Gasteiger partial charge in [-0.05, 0) is 48.4 Å². The molecule has 0 fully saturated rings. The van der Waals surface area contributed by atoms with Crippen LogP contribution in [0.3, 0.4) is 0 Å². The molecule has 5 heteroatoms. The molecule has 0 saturated heterocycles. The van der Waals surface area contributed by atoms with Crippen LogP contribution in [0.5, 0.6) is 0 Å². The van der Waals surface area contributed by atoms with Crippen molar-refractivity contribution in [2.24, 2.45) is 0 Å². The third-order valence-electron chi connectivity index (χ3n) is 7.51. The molecule has 0 atom stereocenters. The zero-order valence-electron chi connectivity index (χ0n) is 23.4. The Morgan fingerprint density at radius 2 is 1.63 bits per heavy atom. The molecule has 4 nitrogen and oxygen atoms in total. The summed E-state index contributed by atoms with van der Waals surface area (Å²) in [7, 11) is 9.11. The highest BCUT2D eigenvalue weighted by Gasteiger charge is 2.26. The molecule has 3 aromatic carbocycles. The molecule has 196 valence electrons. The van der Waals surface area contributed by atoms with Crippen molar-refractivity contribution in [3.63, 3.8) is 0 Å². The number of para-hydroxylation sites is 3. The zero-order chi connectivity index (χ0) is 26.7. The predicted octanol–water partition coefficient (Wildman–Crippen LogP) is 6.97. The number of fused-ring (bicyclic) bond motifs is 2. The minimum absolute atomic E-state index is 1.01. The quantitative estimate of drug-likeness (QED) is 0.173. The van der Waals surface area contributed by atoms with Gasteiger partial charge in [0, 0.05) is 29.8 Å². The number of aromatic nitrogens is 1. The lowest BCUT2D eigenvalue weighted by molar-refractivity contribution is -0.890. The first-order chi connectivity index (χ1) is 18.4. The van der Waals surface area contributed by atoms with Crippen molar-refractivity contribution < 1.29 is 9.05 Å². The number of hydrogen-bond donors (Lipinski definition) is 0. The molecular weight excluding hydrogens is 484 g/mol. The molecule has 0 unspecified atom stereocenters. The standard InChI is InChI=1S/C33H40N4S/c1-6-22-37(4,5)23-14-21-34(2)32-24-26(25-33-35(3)30-19-12-13-20-31(30)38-33)28-17-10-11-18-29(28)36(32)27-15-8-7-9-16-27/h7-13,15-20,24-25H,6,14,21-23H2,1-5H3/q+2. The molecule has 0 radical (unpaired) electrons. The Labute approximate surface area is 232 Å². The highest BCUT2D eigenvalue weighted by Crippen LogP contribution is 2.45. The van der Waals surface area contributed by atoms with Gasteiger partial charge in [0.2, 0.25) is 0 Å². The molecule has 0 aliphatic carbocycles. The van der Waals surface area contributed by atoms with Gasteiger partial charge in [0.15, 0.2) is 0 Å². The topological polar surface area (TPSA) is 10.4 Å². The molecule has 0 saturated carbocycles. The van der Waals surface area contributed by atoms with Gasteiger partial charge in [0.1, 0.15) is 11.2 Å². The van der Waals surface area contributed by atoms with Crippen molar-refractivity contribution in [1.82, 2.24) is 0 Å². The molecule has 2 heterocycles. The van der Waals surface area contributed by atoms with Crippen LogP contribution in [0.25, 0.3) is 22.7 Å². The van der Waals surface area contributed by atoms with Crippen LogP contribution in [0.15, 0.2) is 94.9 Å². The predicted molar refractivity (Wildman–Crippen MR) is 164 cm³/mol. The maximum Gasteiger partial charge on any atom is 0.282 e.